The highest BCUT2D eigenvalue weighted by molar-refractivity contribution is 8.00. The Balaban J connectivity index is 1.50. The van der Waals surface area contributed by atoms with Gasteiger partial charge in [0.05, 0.1) is 16.5 Å². The zero-order chi connectivity index (χ0) is 25.2. The molecule has 1 aliphatic carbocycles. The summed E-state index contributed by atoms with van der Waals surface area (Å²) in [7, 11) is 1.47. The Morgan fingerprint density at radius 2 is 1.97 bits per heavy atom. The first-order valence-corrected chi connectivity index (χ1v) is 13.6. The van der Waals surface area contributed by atoms with E-state index in [4.69, 9.17) is 4.74 Å². The molecule has 3 heterocycles. The number of Topliss-reactive ketones (excluding diaryl/α,β-unsaturated/α-hetero) is 1. The number of aromatic nitrogens is 2. The molecule has 0 unspecified atom stereocenters. The third kappa shape index (κ3) is 4.62. The summed E-state index contributed by atoms with van der Waals surface area (Å²) in [5.41, 5.74) is 1.74. The first kappa shape index (κ1) is 24.4. The number of aliphatic hydroxyl groups excluding tert-OH is 2. The van der Waals surface area contributed by atoms with Gasteiger partial charge in [0.2, 0.25) is 10.9 Å². The number of ketones is 1. The van der Waals surface area contributed by atoms with Crippen LogP contribution in [0, 0.1) is 0 Å². The quantitative estimate of drug-likeness (QED) is 0.231. The fourth-order valence-corrected chi connectivity index (χ4v) is 6.60. The number of amides is 1. The second-order valence-corrected chi connectivity index (χ2v) is 11.2. The number of methoxy groups -OCH3 is 1. The van der Waals surface area contributed by atoms with Crippen molar-refractivity contribution in [1.82, 2.24) is 10.2 Å². The van der Waals surface area contributed by atoms with E-state index in [1.165, 1.54) is 52.5 Å². The first-order chi connectivity index (χ1) is 17.5. The van der Waals surface area contributed by atoms with Gasteiger partial charge in [0.15, 0.2) is 10.1 Å². The smallest absolute Gasteiger partial charge is 0.296 e. The zero-order valence-electron chi connectivity index (χ0n) is 19.0. The number of allylic oxidation sites excluding steroid dienone is 2. The van der Waals surface area contributed by atoms with E-state index in [0.29, 0.717) is 20.5 Å². The van der Waals surface area contributed by atoms with Gasteiger partial charge in [-0.2, -0.15) is 0 Å². The number of aliphatic hydroxyl groups is 2. The van der Waals surface area contributed by atoms with Crippen LogP contribution in [0.1, 0.15) is 21.7 Å². The minimum Gasteiger partial charge on any atom is -0.510 e. The third-order valence-electron chi connectivity index (χ3n) is 5.86. The molecule has 0 saturated heterocycles. The van der Waals surface area contributed by atoms with Crippen LogP contribution in [-0.2, 0) is 15.3 Å². The standard InChI is InChI=1S/C25H21N3O5S3/c1-33-17-12-15(9-10-16(17)29)20-19(21(30)18-8-5-11-34-18)22(31)23(32)28(20)24-26-27-25(36-24)35-13-14-6-3-2-4-7-14/h2-11,17,20,29,31H,12-13H2,1H3/t17-,20+/m0/s1. The number of ether oxygens (including phenoxy) is 1. The van der Waals surface area contributed by atoms with Gasteiger partial charge >= 0.3 is 0 Å². The van der Waals surface area contributed by atoms with Gasteiger partial charge in [-0.05, 0) is 28.7 Å². The fraction of sp³-hybridized carbons (Fsp3) is 0.200. The molecule has 36 heavy (non-hydrogen) atoms. The first-order valence-electron chi connectivity index (χ1n) is 11.0. The van der Waals surface area contributed by atoms with Crippen molar-refractivity contribution in [3.05, 3.63) is 93.1 Å². The Kier molecular flexibility index (Phi) is 7.06. The van der Waals surface area contributed by atoms with Crippen molar-refractivity contribution in [2.75, 3.05) is 12.0 Å². The highest BCUT2D eigenvalue weighted by atomic mass is 32.2. The zero-order valence-corrected chi connectivity index (χ0v) is 21.5. The van der Waals surface area contributed by atoms with Gasteiger partial charge in [-0.3, -0.25) is 14.5 Å². The molecule has 0 saturated carbocycles. The molecule has 2 atom stereocenters. The topological polar surface area (TPSA) is 113 Å². The number of anilines is 1. The Morgan fingerprint density at radius 3 is 2.69 bits per heavy atom. The van der Waals surface area contributed by atoms with Crippen LogP contribution in [0.25, 0.3) is 0 Å². The van der Waals surface area contributed by atoms with Crippen LogP contribution in [0.3, 0.4) is 0 Å². The number of thioether (sulfide) groups is 1. The number of benzene rings is 1. The van der Waals surface area contributed by atoms with Crippen molar-refractivity contribution in [1.29, 1.82) is 0 Å². The summed E-state index contributed by atoms with van der Waals surface area (Å²) in [6.45, 7) is 0. The van der Waals surface area contributed by atoms with Gasteiger partial charge in [0.1, 0.15) is 11.9 Å². The van der Waals surface area contributed by atoms with Crippen molar-refractivity contribution in [3.8, 4) is 0 Å². The molecule has 2 N–H and O–H groups in total. The second-order valence-electron chi connectivity index (χ2n) is 8.03. The number of carbonyl (C=O) groups is 2. The monoisotopic (exact) mass is 539 g/mol. The minimum absolute atomic E-state index is 0.0213. The third-order valence-corrected chi connectivity index (χ3v) is 8.86. The highest BCUT2D eigenvalue weighted by Crippen LogP contribution is 2.41. The number of thiophene rings is 1. The van der Waals surface area contributed by atoms with E-state index in [9.17, 15) is 19.8 Å². The summed E-state index contributed by atoms with van der Waals surface area (Å²) in [5, 5.41) is 31.6. The van der Waals surface area contributed by atoms with E-state index in [1.54, 1.807) is 23.6 Å². The normalized spacial score (nSPS) is 20.0. The molecule has 0 fully saturated rings. The van der Waals surface area contributed by atoms with Gasteiger partial charge in [-0.1, -0.05) is 65.6 Å². The van der Waals surface area contributed by atoms with E-state index in [0.717, 1.165) is 5.56 Å². The average molecular weight is 540 g/mol. The van der Waals surface area contributed by atoms with Crippen LogP contribution in [0.2, 0.25) is 0 Å². The highest BCUT2D eigenvalue weighted by Gasteiger charge is 2.47. The SMILES string of the molecule is CO[C@H]1CC([C@@H]2C(C(=O)c3cccs3)=C(O)C(=O)N2c2nnc(SCc3ccccc3)s2)=CC=C1O. The molecule has 2 aliphatic rings. The predicted molar refractivity (Wildman–Crippen MR) is 140 cm³/mol. The van der Waals surface area contributed by atoms with E-state index >= 15 is 0 Å². The molecule has 11 heteroatoms. The average Bonchev–Trinajstić information content (AvgIpc) is 3.64. The van der Waals surface area contributed by atoms with E-state index < -0.39 is 29.6 Å². The molecule has 184 valence electrons. The largest absolute Gasteiger partial charge is 0.510 e. The van der Waals surface area contributed by atoms with Crippen molar-refractivity contribution < 1.29 is 24.5 Å². The number of carbonyl (C=O) groups excluding carboxylic acids is 2. The number of hydrogen-bond acceptors (Lipinski definition) is 10. The summed E-state index contributed by atoms with van der Waals surface area (Å²) < 4.78 is 6.04. The maximum absolute atomic E-state index is 13.4. The molecular formula is C25H21N3O5S3. The Labute approximate surface area is 219 Å². The molecule has 0 bridgehead atoms. The molecule has 5 rings (SSSR count). The van der Waals surface area contributed by atoms with Gasteiger partial charge in [0, 0.05) is 19.3 Å². The van der Waals surface area contributed by atoms with Crippen molar-refractivity contribution in [3.63, 3.8) is 0 Å². The van der Waals surface area contributed by atoms with Crippen LogP contribution < -0.4 is 4.90 Å². The van der Waals surface area contributed by atoms with Gasteiger partial charge in [-0.15, -0.1) is 21.5 Å². The molecule has 1 aliphatic heterocycles. The second kappa shape index (κ2) is 10.4. The number of nitrogens with zero attached hydrogens (tertiary/aromatic N) is 3. The molecular weight excluding hydrogens is 518 g/mol. The summed E-state index contributed by atoms with van der Waals surface area (Å²) in [5.74, 6) is -1.03. The molecule has 8 nitrogen and oxygen atoms in total. The Bertz CT molecular complexity index is 1380. The molecule has 0 spiro atoms. The van der Waals surface area contributed by atoms with E-state index in [1.807, 2.05) is 30.3 Å². The van der Waals surface area contributed by atoms with Crippen LogP contribution in [0.4, 0.5) is 5.13 Å². The molecule has 1 aromatic carbocycles. The minimum atomic E-state index is -0.908. The fourth-order valence-electron chi connectivity index (χ4n) is 4.10. The van der Waals surface area contributed by atoms with Gasteiger partial charge in [-0.25, -0.2) is 0 Å². The summed E-state index contributed by atoms with van der Waals surface area (Å²) in [6, 6.07) is 12.4. The summed E-state index contributed by atoms with van der Waals surface area (Å²) in [6.07, 6.45) is 2.74. The lowest BCUT2D eigenvalue weighted by atomic mass is 9.89. The predicted octanol–water partition coefficient (Wildman–Crippen LogP) is 5.09. The number of hydrogen-bond donors (Lipinski definition) is 2. The molecule has 0 radical (unpaired) electrons. The van der Waals surface area contributed by atoms with Crippen LogP contribution >= 0.6 is 34.4 Å². The summed E-state index contributed by atoms with van der Waals surface area (Å²) in [4.78, 5) is 28.5. The van der Waals surface area contributed by atoms with Crippen LogP contribution in [-0.4, -0.2) is 51.4 Å². The summed E-state index contributed by atoms with van der Waals surface area (Å²) >= 11 is 3.94. The lowest BCUT2D eigenvalue weighted by Gasteiger charge is -2.29. The van der Waals surface area contributed by atoms with Crippen molar-refractivity contribution in [2.45, 2.75) is 28.7 Å². The van der Waals surface area contributed by atoms with Crippen molar-refractivity contribution in [2.24, 2.45) is 0 Å². The Morgan fingerprint density at radius 1 is 1.17 bits per heavy atom. The number of rotatable bonds is 8. The van der Waals surface area contributed by atoms with Crippen LogP contribution in [0.15, 0.2) is 87.0 Å². The molecule has 2 aromatic heterocycles. The maximum Gasteiger partial charge on any atom is 0.296 e. The van der Waals surface area contributed by atoms with Crippen LogP contribution in [0.5, 0.6) is 0 Å². The lowest BCUT2D eigenvalue weighted by Crippen LogP contribution is -2.40. The molecule has 3 aromatic rings. The van der Waals surface area contributed by atoms with E-state index in [-0.39, 0.29) is 22.9 Å². The van der Waals surface area contributed by atoms with Crippen molar-refractivity contribution >= 4 is 51.3 Å². The lowest BCUT2D eigenvalue weighted by molar-refractivity contribution is -0.116. The maximum atomic E-state index is 13.4. The van der Waals surface area contributed by atoms with Gasteiger partial charge in [0.25, 0.3) is 5.91 Å². The van der Waals surface area contributed by atoms with E-state index in [2.05, 4.69) is 10.2 Å². The molecule has 1 amide bonds. The Hall–Kier alpha value is -3.25. The van der Waals surface area contributed by atoms with Gasteiger partial charge < -0.3 is 14.9 Å².